The van der Waals surface area contributed by atoms with Gasteiger partial charge in [0.25, 0.3) is 0 Å². The molecule has 1 nitrogen and oxygen atoms in total. The maximum atomic E-state index is 6.50. The molecule has 0 fully saturated rings. The molecule has 1 radical (unpaired) electrons. The predicted molar refractivity (Wildman–Crippen MR) is 13.8 cm³/mol. The van der Waals surface area contributed by atoms with Crippen molar-refractivity contribution in [2.45, 2.75) is 0 Å². The van der Waals surface area contributed by atoms with E-state index in [-0.39, 0.29) is 51.9 Å². The van der Waals surface area contributed by atoms with E-state index in [2.05, 4.69) is 6.57 Å². The van der Waals surface area contributed by atoms with Crippen molar-refractivity contribution in [3.8, 4) is 6.57 Å². The summed E-state index contributed by atoms with van der Waals surface area (Å²) in [5.41, 5.74) is 0. The molecule has 0 saturated heterocycles. The van der Waals surface area contributed by atoms with Crippen LogP contribution >= 0.6 is 0 Å². The van der Waals surface area contributed by atoms with Crippen LogP contribution in [0.15, 0.2) is 0 Å². The van der Waals surface area contributed by atoms with Gasteiger partial charge < -0.3 is 0 Å². The Morgan fingerprint density at radius 1 is 1.25 bits per heavy atom. The van der Waals surface area contributed by atoms with E-state index < -0.39 is 0 Å². The third-order valence-electron chi connectivity index (χ3n) is 0. The van der Waals surface area contributed by atoms with Crippen molar-refractivity contribution >= 4 is 29.6 Å². The summed E-state index contributed by atoms with van der Waals surface area (Å²) in [6, 6.07) is 0. The molecule has 0 bridgehead atoms. The first-order chi connectivity index (χ1) is 1.00. The van der Waals surface area contributed by atoms with Crippen molar-refractivity contribution in [3.05, 3.63) is 0 Å². The van der Waals surface area contributed by atoms with E-state index in [1.54, 1.807) is 0 Å². The van der Waals surface area contributed by atoms with Crippen molar-refractivity contribution in [2.75, 3.05) is 0 Å². The van der Waals surface area contributed by atoms with Gasteiger partial charge in [0, 0.05) is 29.0 Å². The summed E-state index contributed by atoms with van der Waals surface area (Å²) in [5, 5.41) is 6.50. The van der Waals surface area contributed by atoms with Gasteiger partial charge in [-0.05, 0) is 0 Å². The predicted octanol–water partition coefficient (Wildman–Crippen LogP) is -0.511. The number of nitriles is 1. The zero-order valence-electron chi connectivity index (χ0n) is 1.33. The standard InChI is InChI=1S/CHN.Ag.Na.H/c1-2;;;/h1H;;;. The number of hydrogen-bond donors (Lipinski definition) is 0. The summed E-state index contributed by atoms with van der Waals surface area (Å²) in [6.45, 7) is 3.50. The molecule has 3 heteroatoms. The molecule has 0 aliphatic rings. The van der Waals surface area contributed by atoms with Crippen molar-refractivity contribution in [2.24, 2.45) is 0 Å². The third-order valence-corrected chi connectivity index (χ3v) is 0. The van der Waals surface area contributed by atoms with E-state index in [1.807, 2.05) is 0 Å². The summed E-state index contributed by atoms with van der Waals surface area (Å²) >= 11 is 0. The van der Waals surface area contributed by atoms with Crippen molar-refractivity contribution in [1.29, 1.82) is 5.26 Å². The van der Waals surface area contributed by atoms with Crippen LogP contribution < -0.4 is 0 Å². The van der Waals surface area contributed by atoms with Gasteiger partial charge in [-0.25, -0.2) is 5.26 Å². The quantitative estimate of drug-likeness (QED) is 0.436. The minimum atomic E-state index is 0. The van der Waals surface area contributed by atoms with E-state index in [0.717, 1.165) is 0 Å². The zero-order chi connectivity index (χ0) is 2.00. The molecule has 0 rings (SSSR count). The molecule has 4 heavy (non-hydrogen) atoms. The van der Waals surface area contributed by atoms with Crippen LogP contribution in [0.25, 0.3) is 0 Å². The molecule has 0 aromatic carbocycles. The van der Waals surface area contributed by atoms with E-state index in [0.29, 0.717) is 0 Å². The molecule has 23 valence electrons. The third kappa shape index (κ3) is 10.6. The van der Waals surface area contributed by atoms with Crippen LogP contribution in [0, 0.1) is 11.8 Å². The monoisotopic (exact) mass is 158 g/mol. The molecule has 0 spiro atoms. The van der Waals surface area contributed by atoms with E-state index >= 15 is 0 Å². The molecule has 0 N–H and O–H groups in total. The van der Waals surface area contributed by atoms with Gasteiger partial charge in [-0.2, -0.15) is 0 Å². The molecule has 0 saturated carbocycles. The topological polar surface area (TPSA) is 23.8 Å². The molecular formula is CH2AgNNa. The van der Waals surface area contributed by atoms with Gasteiger partial charge >= 0.3 is 29.6 Å². The Labute approximate surface area is 63.2 Å². The zero-order valence-corrected chi connectivity index (χ0v) is 2.81. The van der Waals surface area contributed by atoms with Gasteiger partial charge in [-0.15, -0.1) is 0 Å². The molecule has 0 unspecified atom stereocenters. The molecule has 0 amide bonds. The Kier molecular flexibility index (Phi) is 137. The number of rotatable bonds is 0. The summed E-state index contributed by atoms with van der Waals surface area (Å²) in [4.78, 5) is 0. The van der Waals surface area contributed by atoms with Gasteiger partial charge in [0.1, 0.15) is 0 Å². The fourth-order valence-electron chi connectivity index (χ4n) is 0. The molecule has 0 atom stereocenters. The Balaban J connectivity index is -0.00000000500. The van der Waals surface area contributed by atoms with Gasteiger partial charge in [0.05, 0.1) is 0 Å². The average Bonchev–Trinajstić information content (AvgIpc) is 1.00. The summed E-state index contributed by atoms with van der Waals surface area (Å²) in [7, 11) is 0. The normalized spacial score (nSPS) is 0.500. The first-order valence-electron chi connectivity index (χ1n) is 0.258. The van der Waals surface area contributed by atoms with E-state index in [9.17, 15) is 0 Å². The Bertz CT molecular complexity index is 12.8. The van der Waals surface area contributed by atoms with Crippen LogP contribution in [-0.4, -0.2) is 29.6 Å². The van der Waals surface area contributed by atoms with Crippen LogP contribution in [0.3, 0.4) is 0 Å². The van der Waals surface area contributed by atoms with Crippen LogP contribution in [-0.2, 0) is 22.4 Å². The van der Waals surface area contributed by atoms with E-state index in [4.69, 9.17) is 5.26 Å². The SMILES string of the molecule is C#N.[Ag].[NaH]. The molecule has 0 aliphatic carbocycles. The first-order valence-corrected chi connectivity index (χ1v) is 0.258. The van der Waals surface area contributed by atoms with Crippen molar-refractivity contribution in [1.82, 2.24) is 0 Å². The fourth-order valence-corrected chi connectivity index (χ4v) is 0. The van der Waals surface area contributed by atoms with Crippen LogP contribution in [0.1, 0.15) is 0 Å². The Hall–Kier alpha value is 1.23. The second kappa shape index (κ2) is 29.2. The molecule has 0 heterocycles. The van der Waals surface area contributed by atoms with Crippen LogP contribution in [0.4, 0.5) is 0 Å². The second-order valence-electron chi connectivity index (χ2n) is 0. The first kappa shape index (κ1) is 18.8. The second-order valence-corrected chi connectivity index (χ2v) is 0. The van der Waals surface area contributed by atoms with E-state index in [1.165, 1.54) is 0 Å². The minimum absolute atomic E-state index is 0. The summed E-state index contributed by atoms with van der Waals surface area (Å²) in [5.74, 6) is 0. The number of hydrogen-bond acceptors (Lipinski definition) is 1. The van der Waals surface area contributed by atoms with Crippen molar-refractivity contribution < 1.29 is 22.4 Å². The van der Waals surface area contributed by atoms with Gasteiger partial charge in [-0.3, -0.25) is 0 Å². The number of nitrogens with zero attached hydrogens (tertiary/aromatic N) is 1. The summed E-state index contributed by atoms with van der Waals surface area (Å²) in [6.07, 6.45) is 0. The van der Waals surface area contributed by atoms with Gasteiger partial charge in [0.2, 0.25) is 0 Å². The fraction of sp³-hybridized carbons (Fsp3) is 0. The van der Waals surface area contributed by atoms with Crippen molar-refractivity contribution in [3.63, 3.8) is 0 Å². The maximum absolute atomic E-state index is 6.50. The average molecular weight is 159 g/mol. The van der Waals surface area contributed by atoms with Gasteiger partial charge in [-0.1, -0.05) is 0 Å². The van der Waals surface area contributed by atoms with Crippen LogP contribution in [0.5, 0.6) is 0 Å². The Morgan fingerprint density at radius 2 is 1.25 bits per heavy atom. The molecule has 0 aromatic rings. The molecule has 0 aliphatic heterocycles. The molecular weight excluding hydrogens is 157 g/mol. The Morgan fingerprint density at radius 3 is 1.25 bits per heavy atom. The van der Waals surface area contributed by atoms with Gasteiger partial charge in [0.15, 0.2) is 0 Å². The van der Waals surface area contributed by atoms with Crippen LogP contribution in [0.2, 0.25) is 0 Å². The molecule has 0 aromatic heterocycles. The summed E-state index contributed by atoms with van der Waals surface area (Å²) < 4.78 is 0.